The molecule has 1 unspecified atom stereocenters. The number of rotatable bonds is 4. The summed E-state index contributed by atoms with van der Waals surface area (Å²) >= 11 is 0. The van der Waals surface area contributed by atoms with Crippen LogP contribution >= 0.6 is 0 Å². The van der Waals surface area contributed by atoms with E-state index >= 15 is 0 Å². The quantitative estimate of drug-likeness (QED) is 0.634. The molecule has 1 atom stereocenters. The monoisotopic (exact) mass is 315 g/mol. The van der Waals surface area contributed by atoms with Crippen LogP contribution in [0.5, 0.6) is 5.75 Å². The molecule has 112 valence electrons. The third kappa shape index (κ3) is 3.32. The molecular weight excluding hydrogens is 301 g/mol. The second-order valence-corrected chi connectivity index (χ2v) is 6.54. The molecule has 0 bridgehead atoms. The van der Waals surface area contributed by atoms with Crippen molar-refractivity contribution in [2.75, 3.05) is 19.1 Å². The molecule has 0 spiro atoms. The first-order chi connectivity index (χ1) is 9.84. The fourth-order valence-electron chi connectivity index (χ4n) is 2.05. The molecule has 2 aromatic carbocycles. The van der Waals surface area contributed by atoms with E-state index in [4.69, 9.17) is 4.74 Å². The molecule has 0 radical (unpaired) electrons. The first kappa shape index (κ1) is 15.7. The number of carbonyl (C=O) groups is 1. The van der Waals surface area contributed by atoms with E-state index in [1.807, 2.05) is 0 Å². The molecular formula is C15H14F3O2S+. The molecule has 0 N–H and O–H groups in total. The molecule has 0 amide bonds. The van der Waals surface area contributed by atoms with E-state index in [1.54, 1.807) is 30.3 Å². The van der Waals surface area contributed by atoms with Crippen molar-refractivity contribution in [2.24, 2.45) is 0 Å². The summed E-state index contributed by atoms with van der Waals surface area (Å²) in [7, 11) is -0.438. The highest BCUT2D eigenvalue weighted by molar-refractivity contribution is 7.97. The Morgan fingerprint density at radius 1 is 1.14 bits per heavy atom. The zero-order chi connectivity index (χ0) is 15.6. The summed E-state index contributed by atoms with van der Waals surface area (Å²) in [5.41, 5.74) is -4.03. The van der Waals surface area contributed by atoms with Crippen LogP contribution in [0.15, 0.2) is 36.4 Å². The number of ketones is 1. The number of hydrogen-bond donors (Lipinski definition) is 0. The Morgan fingerprint density at radius 2 is 1.76 bits per heavy atom. The third-order valence-electron chi connectivity index (χ3n) is 3.15. The molecule has 0 aliphatic rings. The van der Waals surface area contributed by atoms with Crippen LogP contribution in [0.3, 0.4) is 0 Å². The molecule has 0 fully saturated rings. The number of benzene rings is 2. The van der Waals surface area contributed by atoms with Crippen LogP contribution in [0.1, 0.15) is 10.4 Å². The van der Waals surface area contributed by atoms with Gasteiger partial charge in [0, 0.05) is 10.9 Å². The molecule has 0 aliphatic heterocycles. The van der Waals surface area contributed by atoms with E-state index in [0.29, 0.717) is 22.1 Å². The van der Waals surface area contributed by atoms with Gasteiger partial charge >= 0.3 is 5.51 Å². The highest BCUT2D eigenvalue weighted by Gasteiger charge is 2.48. The second kappa shape index (κ2) is 5.97. The average Bonchev–Trinajstić information content (AvgIpc) is 2.44. The predicted molar refractivity (Wildman–Crippen MR) is 79.0 cm³/mol. The molecule has 0 heterocycles. The first-order valence-electron chi connectivity index (χ1n) is 6.13. The summed E-state index contributed by atoms with van der Waals surface area (Å²) in [5, 5.41) is 1.33. The Labute approximate surface area is 123 Å². The van der Waals surface area contributed by atoms with Crippen molar-refractivity contribution in [1.29, 1.82) is 0 Å². The summed E-state index contributed by atoms with van der Waals surface area (Å²) in [6.07, 6.45) is 1.05. The van der Waals surface area contributed by atoms with Gasteiger partial charge in [0.25, 0.3) is 0 Å². The zero-order valence-electron chi connectivity index (χ0n) is 11.5. The lowest BCUT2D eigenvalue weighted by molar-refractivity contribution is -0.0364. The molecule has 0 saturated heterocycles. The maximum Gasteiger partial charge on any atom is 0.575 e. The van der Waals surface area contributed by atoms with Gasteiger partial charge in [-0.2, -0.15) is 0 Å². The van der Waals surface area contributed by atoms with E-state index in [2.05, 4.69) is 0 Å². The van der Waals surface area contributed by atoms with Crippen molar-refractivity contribution in [3.05, 3.63) is 42.0 Å². The van der Waals surface area contributed by atoms with Crippen LogP contribution in [-0.2, 0) is 10.9 Å². The van der Waals surface area contributed by atoms with Crippen LogP contribution in [-0.4, -0.2) is 30.4 Å². The molecule has 6 heteroatoms. The van der Waals surface area contributed by atoms with Gasteiger partial charge in [-0.25, -0.2) is 0 Å². The predicted octanol–water partition coefficient (Wildman–Crippen LogP) is 3.80. The first-order valence-corrected chi connectivity index (χ1v) is 7.93. The maximum absolute atomic E-state index is 12.6. The molecule has 21 heavy (non-hydrogen) atoms. The van der Waals surface area contributed by atoms with E-state index in [9.17, 15) is 18.0 Å². The van der Waals surface area contributed by atoms with Crippen LogP contribution in [0.4, 0.5) is 13.2 Å². The van der Waals surface area contributed by atoms with Gasteiger partial charge in [-0.1, -0.05) is 24.3 Å². The van der Waals surface area contributed by atoms with E-state index in [1.165, 1.54) is 13.2 Å². The average molecular weight is 315 g/mol. The number of Topliss-reactive ketones (excluding diaryl/α,β-unsaturated/α-hetero) is 1. The highest BCUT2D eigenvalue weighted by Crippen LogP contribution is 2.30. The van der Waals surface area contributed by atoms with E-state index in [0.717, 1.165) is 6.26 Å². The van der Waals surface area contributed by atoms with Crippen LogP contribution < -0.4 is 4.74 Å². The van der Waals surface area contributed by atoms with Crippen molar-refractivity contribution in [1.82, 2.24) is 0 Å². The third-order valence-corrected chi connectivity index (χ3v) is 4.63. The van der Waals surface area contributed by atoms with Gasteiger partial charge < -0.3 is 4.74 Å². The van der Waals surface area contributed by atoms with Crippen LogP contribution in [0.2, 0.25) is 0 Å². The Balaban J connectivity index is 2.41. The number of methoxy groups -OCH3 is 1. The van der Waals surface area contributed by atoms with Crippen LogP contribution in [0.25, 0.3) is 10.8 Å². The van der Waals surface area contributed by atoms with Crippen molar-refractivity contribution in [3.8, 4) is 5.75 Å². The van der Waals surface area contributed by atoms with Crippen molar-refractivity contribution < 1.29 is 22.7 Å². The minimum absolute atomic E-state index is 0.301. The van der Waals surface area contributed by atoms with Gasteiger partial charge in [-0.05, 0) is 17.5 Å². The molecule has 0 aromatic heterocycles. The molecule has 2 aromatic rings. The van der Waals surface area contributed by atoms with E-state index < -0.39 is 27.9 Å². The Morgan fingerprint density at radius 3 is 2.33 bits per heavy atom. The lowest BCUT2D eigenvalue weighted by Crippen LogP contribution is -2.29. The number of hydrogen-bond acceptors (Lipinski definition) is 2. The molecule has 2 nitrogen and oxygen atoms in total. The van der Waals surface area contributed by atoms with Crippen molar-refractivity contribution in [3.63, 3.8) is 0 Å². The van der Waals surface area contributed by atoms with Gasteiger partial charge in [0.15, 0.2) is 5.75 Å². The normalized spacial score (nSPS) is 13.2. The summed E-state index contributed by atoms with van der Waals surface area (Å²) < 4.78 is 43.0. The van der Waals surface area contributed by atoms with Gasteiger partial charge in [0.1, 0.15) is 22.9 Å². The van der Waals surface area contributed by atoms with Gasteiger partial charge in [0.05, 0.1) is 7.11 Å². The summed E-state index contributed by atoms with van der Waals surface area (Å²) in [6, 6.07) is 10.2. The van der Waals surface area contributed by atoms with Crippen molar-refractivity contribution in [2.45, 2.75) is 5.51 Å². The number of alkyl halides is 3. The number of ether oxygens (including phenoxy) is 1. The van der Waals surface area contributed by atoms with Crippen LogP contribution in [0, 0.1) is 0 Å². The number of carbonyl (C=O) groups excluding carboxylic acids is 1. The highest BCUT2D eigenvalue weighted by atomic mass is 32.2. The SMILES string of the molecule is COc1ccc(C(=O)C[S+](C)C(F)(F)F)c2ccccc12. The summed E-state index contributed by atoms with van der Waals surface area (Å²) in [6.45, 7) is 0. The Bertz CT molecular complexity index is 668. The molecule has 0 saturated carbocycles. The van der Waals surface area contributed by atoms with Crippen molar-refractivity contribution >= 4 is 27.5 Å². The minimum Gasteiger partial charge on any atom is -0.496 e. The fraction of sp³-hybridized carbons (Fsp3) is 0.267. The maximum atomic E-state index is 12.6. The zero-order valence-corrected chi connectivity index (χ0v) is 12.3. The number of halogens is 3. The lowest BCUT2D eigenvalue weighted by atomic mass is 10.0. The fourth-order valence-corrected chi connectivity index (χ4v) is 2.76. The standard InChI is InChI=1S/C15H14F3O2S/c1-20-14-8-7-11(10-5-3-4-6-12(10)14)13(19)9-21(2)15(16,17)18/h3-8H,9H2,1-2H3/q+1. The number of fused-ring (bicyclic) bond motifs is 1. The van der Waals surface area contributed by atoms with Gasteiger partial charge in [0.2, 0.25) is 5.78 Å². The summed E-state index contributed by atoms with van der Waals surface area (Å²) in [5.74, 6) is -0.440. The topological polar surface area (TPSA) is 26.3 Å². The smallest absolute Gasteiger partial charge is 0.496 e. The van der Waals surface area contributed by atoms with Gasteiger partial charge in [-0.15, -0.1) is 13.2 Å². The summed E-state index contributed by atoms with van der Waals surface area (Å²) in [4.78, 5) is 12.2. The molecule has 2 rings (SSSR count). The van der Waals surface area contributed by atoms with E-state index in [-0.39, 0.29) is 0 Å². The Hall–Kier alpha value is -1.69. The largest absolute Gasteiger partial charge is 0.575 e. The molecule has 0 aliphatic carbocycles. The second-order valence-electron chi connectivity index (χ2n) is 4.51. The Kier molecular flexibility index (Phi) is 4.46. The minimum atomic E-state index is -4.34. The lowest BCUT2D eigenvalue weighted by Gasteiger charge is -2.10. The van der Waals surface area contributed by atoms with Gasteiger partial charge in [-0.3, -0.25) is 4.79 Å².